The van der Waals surface area contributed by atoms with Crippen molar-refractivity contribution in [2.45, 2.75) is 24.8 Å². The Balaban J connectivity index is 2.02. The van der Waals surface area contributed by atoms with Crippen molar-refractivity contribution in [3.8, 4) is 0 Å². The second-order valence-corrected chi connectivity index (χ2v) is 7.23. The molecule has 0 aliphatic carbocycles. The van der Waals surface area contributed by atoms with Gasteiger partial charge in [-0.3, -0.25) is 0 Å². The first-order valence-corrected chi connectivity index (χ1v) is 8.31. The molecule has 0 saturated heterocycles. The molecule has 0 atom stereocenters. The molecule has 0 aliphatic rings. The van der Waals surface area contributed by atoms with Crippen molar-refractivity contribution in [2.75, 3.05) is 13.6 Å². The molecule has 110 valence electrons. The highest BCUT2D eigenvalue weighted by Gasteiger charge is 2.19. The Morgan fingerprint density at radius 1 is 1.45 bits per heavy atom. The maximum absolute atomic E-state index is 12.2. The number of hydrogen-bond acceptors (Lipinski definition) is 7. The van der Waals surface area contributed by atoms with Crippen LogP contribution in [0, 0.1) is 6.92 Å². The number of sulfonamides is 1. The minimum Gasteiger partial charge on any atom is -0.343 e. The molecular weight excluding hydrogens is 300 g/mol. The quantitative estimate of drug-likeness (QED) is 0.779. The topological polar surface area (TPSA) is 97.1 Å². The zero-order valence-corrected chi connectivity index (χ0v) is 12.8. The molecule has 0 saturated carbocycles. The highest BCUT2D eigenvalue weighted by Crippen LogP contribution is 2.25. The lowest BCUT2D eigenvalue weighted by Crippen LogP contribution is -2.26. The van der Waals surface area contributed by atoms with Gasteiger partial charge >= 0.3 is 0 Å². The smallest absolute Gasteiger partial charge is 0.241 e. The molecule has 0 radical (unpaired) electrons. The van der Waals surface area contributed by atoms with Crippen molar-refractivity contribution in [3.05, 3.63) is 28.0 Å². The Kier molecular flexibility index (Phi) is 4.86. The molecule has 2 rings (SSSR count). The van der Waals surface area contributed by atoms with Gasteiger partial charge in [-0.25, -0.2) is 13.1 Å². The highest BCUT2D eigenvalue weighted by molar-refractivity contribution is 7.89. The number of aryl methyl sites for hydroxylation is 1. The van der Waals surface area contributed by atoms with Crippen LogP contribution in [-0.2, 0) is 23.0 Å². The fourth-order valence-corrected chi connectivity index (χ4v) is 4.41. The van der Waals surface area contributed by atoms with Crippen molar-refractivity contribution in [1.82, 2.24) is 20.2 Å². The predicted octanol–water partition coefficient (Wildman–Crippen LogP) is 0.680. The molecule has 0 bridgehead atoms. The predicted molar refractivity (Wildman–Crippen MR) is 75.0 cm³/mol. The van der Waals surface area contributed by atoms with E-state index in [-0.39, 0.29) is 6.54 Å². The summed E-state index contributed by atoms with van der Waals surface area (Å²) in [7, 11) is -1.67. The van der Waals surface area contributed by atoms with E-state index < -0.39 is 10.0 Å². The Morgan fingerprint density at radius 2 is 2.25 bits per heavy atom. The van der Waals surface area contributed by atoms with Crippen LogP contribution in [0.2, 0.25) is 0 Å². The molecule has 20 heavy (non-hydrogen) atoms. The zero-order valence-electron chi connectivity index (χ0n) is 11.2. The van der Waals surface area contributed by atoms with Crippen molar-refractivity contribution < 1.29 is 12.9 Å². The van der Waals surface area contributed by atoms with Crippen LogP contribution in [0.4, 0.5) is 0 Å². The van der Waals surface area contributed by atoms with Gasteiger partial charge in [0.05, 0.1) is 4.90 Å². The summed E-state index contributed by atoms with van der Waals surface area (Å²) in [5, 5.41) is 6.63. The first-order chi connectivity index (χ1) is 9.53. The van der Waals surface area contributed by atoms with E-state index in [0.29, 0.717) is 23.7 Å². The second kappa shape index (κ2) is 6.44. The molecule has 2 aromatic heterocycles. The number of aromatic nitrogens is 2. The summed E-state index contributed by atoms with van der Waals surface area (Å²) in [4.78, 5) is 5.94. The second-order valence-electron chi connectivity index (χ2n) is 4.16. The van der Waals surface area contributed by atoms with Gasteiger partial charge < -0.3 is 9.84 Å². The molecule has 0 fully saturated rings. The fourth-order valence-electron chi connectivity index (χ4n) is 1.73. The minimum absolute atomic E-state index is 0.235. The van der Waals surface area contributed by atoms with Crippen LogP contribution in [0.1, 0.15) is 15.6 Å². The summed E-state index contributed by atoms with van der Waals surface area (Å²) >= 11 is 1.48. The van der Waals surface area contributed by atoms with Gasteiger partial charge in [0.15, 0.2) is 5.82 Å². The van der Waals surface area contributed by atoms with Crippen LogP contribution in [0.3, 0.4) is 0 Å². The van der Waals surface area contributed by atoms with Crippen LogP contribution in [0.15, 0.2) is 21.9 Å². The maximum Gasteiger partial charge on any atom is 0.241 e. The summed E-state index contributed by atoms with van der Waals surface area (Å²) in [6.07, 6.45) is 1.61. The molecule has 0 aromatic carbocycles. The van der Waals surface area contributed by atoms with Gasteiger partial charge in [0.25, 0.3) is 0 Å². The lowest BCUT2D eigenvalue weighted by atomic mass is 10.4. The third-order valence-corrected chi connectivity index (χ3v) is 5.38. The molecule has 2 N–H and O–H groups in total. The minimum atomic E-state index is -3.50. The van der Waals surface area contributed by atoms with Gasteiger partial charge in [0.2, 0.25) is 16.4 Å². The first-order valence-electron chi connectivity index (χ1n) is 6.02. The van der Waals surface area contributed by atoms with Crippen LogP contribution in [0.25, 0.3) is 0 Å². The summed E-state index contributed by atoms with van der Waals surface area (Å²) in [6, 6.07) is 1.70. The van der Waals surface area contributed by atoms with E-state index in [9.17, 15) is 8.42 Å². The van der Waals surface area contributed by atoms with E-state index in [4.69, 9.17) is 0 Å². The number of nitrogens with zero attached hydrogens (tertiary/aromatic N) is 2. The molecule has 0 unspecified atom stereocenters. The van der Waals surface area contributed by atoms with Crippen LogP contribution >= 0.6 is 11.3 Å². The number of rotatable bonds is 7. The molecule has 0 aliphatic heterocycles. The summed E-state index contributed by atoms with van der Waals surface area (Å²) < 4.78 is 31.6. The van der Waals surface area contributed by atoms with E-state index in [0.717, 1.165) is 9.75 Å². The Bertz CT molecular complexity index is 649. The van der Waals surface area contributed by atoms with Crippen molar-refractivity contribution in [1.29, 1.82) is 0 Å². The molecule has 9 heteroatoms. The number of nitrogens with one attached hydrogen (secondary N) is 2. The molecule has 2 aromatic rings. The van der Waals surface area contributed by atoms with E-state index in [1.807, 2.05) is 7.05 Å². The van der Waals surface area contributed by atoms with Crippen LogP contribution in [-0.4, -0.2) is 32.2 Å². The highest BCUT2D eigenvalue weighted by atomic mass is 32.2. The lowest BCUT2D eigenvalue weighted by molar-refractivity contribution is 0.410. The van der Waals surface area contributed by atoms with E-state index in [2.05, 4.69) is 24.7 Å². The SMILES string of the molecule is CNCc1cc(S(=O)(=O)NCCc2ncon2)c(C)s1. The molecule has 7 nitrogen and oxygen atoms in total. The standard InChI is InChI=1S/C11H16N4O3S2/c1-8-10(5-9(19-8)6-12-2)20(16,17)14-4-3-11-13-7-18-15-11/h5,7,12,14H,3-4,6H2,1-2H3. The molecule has 2 heterocycles. The Labute approximate surface area is 121 Å². The van der Waals surface area contributed by atoms with E-state index in [1.54, 1.807) is 13.0 Å². The Morgan fingerprint density at radius 3 is 2.90 bits per heavy atom. The monoisotopic (exact) mass is 316 g/mol. The van der Waals surface area contributed by atoms with Gasteiger partial charge in [0, 0.05) is 29.3 Å². The summed E-state index contributed by atoms with van der Waals surface area (Å²) in [5.41, 5.74) is 0. The van der Waals surface area contributed by atoms with Crippen LogP contribution < -0.4 is 10.0 Å². The normalized spacial score (nSPS) is 11.9. The van der Waals surface area contributed by atoms with Gasteiger partial charge in [-0.15, -0.1) is 11.3 Å². The van der Waals surface area contributed by atoms with E-state index >= 15 is 0 Å². The van der Waals surface area contributed by atoms with Gasteiger partial charge in [-0.1, -0.05) is 5.16 Å². The molecular formula is C11H16N4O3S2. The van der Waals surface area contributed by atoms with Crippen LogP contribution in [0.5, 0.6) is 0 Å². The lowest BCUT2D eigenvalue weighted by Gasteiger charge is -2.04. The molecule has 0 spiro atoms. The number of thiophene rings is 1. The van der Waals surface area contributed by atoms with Crippen molar-refractivity contribution >= 4 is 21.4 Å². The number of hydrogen-bond donors (Lipinski definition) is 2. The van der Waals surface area contributed by atoms with Gasteiger partial charge in [-0.05, 0) is 20.0 Å². The van der Waals surface area contributed by atoms with Gasteiger partial charge in [-0.2, -0.15) is 4.98 Å². The third-order valence-electron chi connectivity index (χ3n) is 2.61. The maximum atomic E-state index is 12.2. The third kappa shape index (κ3) is 3.63. The average molecular weight is 316 g/mol. The zero-order chi connectivity index (χ0) is 14.6. The average Bonchev–Trinajstić information content (AvgIpc) is 2.99. The fraction of sp³-hybridized carbons (Fsp3) is 0.455. The largest absolute Gasteiger partial charge is 0.343 e. The van der Waals surface area contributed by atoms with Gasteiger partial charge in [0.1, 0.15) is 0 Å². The summed E-state index contributed by atoms with van der Waals surface area (Å²) in [6.45, 7) is 2.69. The van der Waals surface area contributed by atoms with Crippen molar-refractivity contribution in [3.63, 3.8) is 0 Å². The molecule has 0 amide bonds. The van der Waals surface area contributed by atoms with Crippen molar-refractivity contribution in [2.24, 2.45) is 0 Å². The van der Waals surface area contributed by atoms with E-state index in [1.165, 1.54) is 17.7 Å². The Hall–Kier alpha value is -1.29. The summed E-state index contributed by atoms with van der Waals surface area (Å²) in [5.74, 6) is 0.477. The first kappa shape index (κ1) is 15.1.